The molecule has 2 aromatic rings. The molecule has 0 fully saturated rings. The highest BCUT2D eigenvalue weighted by Gasteiger charge is 2.11. The molecular weight excluding hydrogens is 364 g/mol. The van der Waals surface area contributed by atoms with Crippen molar-refractivity contribution in [3.63, 3.8) is 0 Å². The molecule has 0 radical (unpaired) electrons. The fraction of sp³-hybridized carbons (Fsp3) is 0.440. The molecule has 29 heavy (non-hydrogen) atoms. The molecule has 1 N–H and O–H groups in total. The lowest BCUT2D eigenvalue weighted by atomic mass is 10.0. The number of ether oxygens (including phenoxy) is 1. The number of rotatable bonds is 13. The van der Waals surface area contributed by atoms with Gasteiger partial charge in [-0.3, -0.25) is 4.79 Å². The first kappa shape index (κ1) is 22.7. The summed E-state index contributed by atoms with van der Waals surface area (Å²) in [7, 11) is 0. The predicted molar refractivity (Wildman–Crippen MR) is 116 cm³/mol. The van der Waals surface area contributed by atoms with Crippen LogP contribution in [0.3, 0.4) is 0 Å². The third-order valence-electron chi connectivity index (χ3n) is 5.04. The van der Waals surface area contributed by atoms with Crippen molar-refractivity contribution in [3.8, 4) is 16.9 Å². The zero-order chi connectivity index (χ0) is 20.9. The average molecular weight is 397 g/mol. The molecule has 0 unspecified atom stereocenters. The van der Waals surface area contributed by atoms with Crippen LogP contribution in [0.15, 0.2) is 48.5 Å². The van der Waals surface area contributed by atoms with E-state index in [2.05, 4.69) is 6.92 Å². The summed E-state index contributed by atoms with van der Waals surface area (Å²) in [5, 5.41) is 9.04. The van der Waals surface area contributed by atoms with Gasteiger partial charge in [0.05, 0.1) is 5.56 Å². The van der Waals surface area contributed by atoms with Gasteiger partial charge in [0.2, 0.25) is 0 Å². The smallest absolute Gasteiger partial charge is 0.335 e. The number of hydrogen-bond donors (Lipinski definition) is 1. The molecule has 156 valence electrons. The van der Waals surface area contributed by atoms with Crippen molar-refractivity contribution in [1.82, 2.24) is 0 Å². The van der Waals surface area contributed by atoms with Crippen LogP contribution in [0.4, 0.5) is 0 Å². The van der Waals surface area contributed by atoms with Gasteiger partial charge in [-0.1, -0.05) is 88.6 Å². The molecule has 2 aromatic carbocycles. The fourth-order valence-electron chi connectivity index (χ4n) is 3.34. The van der Waals surface area contributed by atoms with E-state index in [4.69, 9.17) is 9.84 Å². The zero-order valence-corrected chi connectivity index (χ0v) is 17.4. The summed E-state index contributed by atoms with van der Waals surface area (Å²) in [6, 6.07) is 13.9. The standard InChI is InChI=1S/C25H32O4/c1-2-3-4-5-6-7-8-9-10-15-24(26)29-23-14-12-11-13-22(23)20-16-18-21(19-17-20)25(27)28/h11-14,16-19H,2-10,15H2,1H3,(H,27,28). The van der Waals surface area contributed by atoms with Crippen LogP contribution in [0.5, 0.6) is 5.75 Å². The molecule has 2 rings (SSSR count). The first-order valence-corrected chi connectivity index (χ1v) is 10.7. The summed E-state index contributed by atoms with van der Waals surface area (Å²) in [5.41, 5.74) is 1.83. The van der Waals surface area contributed by atoms with E-state index in [0.29, 0.717) is 12.2 Å². The molecule has 0 aliphatic carbocycles. The van der Waals surface area contributed by atoms with Crippen LogP contribution in [-0.4, -0.2) is 17.0 Å². The molecule has 4 nitrogen and oxygen atoms in total. The van der Waals surface area contributed by atoms with E-state index in [0.717, 1.165) is 24.0 Å². The lowest BCUT2D eigenvalue weighted by molar-refractivity contribution is -0.134. The molecule has 0 aliphatic heterocycles. The van der Waals surface area contributed by atoms with E-state index in [1.165, 1.54) is 44.9 Å². The third-order valence-corrected chi connectivity index (χ3v) is 5.04. The van der Waals surface area contributed by atoms with Gasteiger partial charge in [-0.05, 0) is 30.2 Å². The number of carboxylic acid groups (broad SMARTS) is 1. The van der Waals surface area contributed by atoms with E-state index in [1.807, 2.05) is 18.2 Å². The second-order valence-electron chi connectivity index (χ2n) is 7.43. The molecule has 4 heteroatoms. The Morgan fingerprint density at radius 2 is 1.38 bits per heavy atom. The first-order valence-electron chi connectivity index (χ1n) is 10.7. The van der Waals surface area contributed by atoms with Crippen molar-refractivity contribution in [3.05, 3.63) is 54.1 Å². The number of carbonyl (C=O) groups is 2. The minimum absolute atomic E-state index is 0.220. The van der Waals surface area contributed by atoms with E-state index < -0.39 is 5.97 Å². The topological polar surface area (TPSA) is 63.6 Å². The van der Waals surface area contributed by atoms with Crippen LogP contribution in [0.25, 0.3) is 11.1 Å². The molecule has 0 saturated heterocycles. The lowest BCUT2D eigenvalue weighted by Crippen LogP contribution is -2.08. The van der Waals surface area contributed by atoms with Crippen molar-refractivity contribution >= 4 is 11.9 Å². The largest absolute Gasteiger partial charge is 0.478 e. The SMILES string of the molecule is CCCCCCCCCCCC(=O)Oc1ccccc1-c1ccc(C(=O)O)cc1. The third kappa shape index (κ3) is 8.10. The number of aromatic carboxylic acids is 1. The van der Waals surface area contributed by atoms with E-state index in [1.54, 1.807) is 30.3 Å². The normalized spacial score (nSPS) is 10.7. The summed E-state index contributed by atoms with van der Waals surface area (Å²) in [6.45, 7) is 2.23. The van der Waals surface area contributed by atoms with Crippen molar-refractivity contribution < 1.29 is 19.4 Å². The van der Waals surface area contributed by atoms with Crippen LogP contribution in [0.2, 0.25) is 0 Å². The van der Waals surface area contributed by atoms with Gasteiger partial charge in [0.25, 0.3) is 0 Å². The number of para-hydroxylation sites is 1. The number of unbranched alkanes of at least 4 members (excludes halogenated alkanes) is 8. The molecular formula is C25H32O4. The quantitative estimate of drug-likeness (QED) is 0.228. The van der Waals surface area contributed by atoms with Crippen molar-refractivity contribution in [2.45, 2.75) is 71.1 Å². The monoisotopic (exact) mass is 396 g/mol. The summed E-state index contributed by atoms with van der Waals surface area (Å²) >= 11 is 0. The maximum atomic E-state index is 12.2. The number of esters is 1. The second-order valence-corrected chi connectivity index (χ2v) is 7.43. The Balaban J connectivity index is 1.78. The Hall–Kier alpha value is -2.62. The van der Waals surface area contributed by atoms with Crippen LogP contribution in [0, 0.1) is 0 Å². The maximum absolute atomic E-state index is 12.2. The van der Waals surface area contributed by atoms with Crippen LogP contribution >= 0.6 is 0 Å². The minimum atomic E-state index is -0.961. The number of benzene rings is 2. The maximum Gasteiger partial charge on any atom is 0.335 e. The highest BCUT2D eigenvalue weighted by molar-refractivity contribution is 5.88. The highest BCUT2D eigenvalue weighted by atomic mass is 16.5. The van der Waals surface area contributed by atoms with E-state index >= 15 is 0 Å². The zero-order valence-electron chi connectivity index (χ0n) is 17.4. The summed E-state index contributed by atoms with van der Waals surface area (Å²) < 4.78 is 5.59. The van der Waals surface area contributed by atoms with Gasteiger partial charge in [0.1, 0.15) is 5.75 Å². The Kier molecular flexibility index (Phi) is 9.98. The Labute approximate surface area is 173 Å². The number of carbonyl (C=O) groups excluding carboxylic acids is 1. The Bertz CT molecular complexity index is 765. The molecule has 0 saturated carbocycles. The van der Waals surface area contributed by atoms with Crippen molar-refractivity contribution in [1.29, 1.82) is 0 Å². The summed E-state index contributed by atoms with van der Waals surface area (Å²) in [5.74, 6) is -0.670. The van der Waals surface area contributed by atoms with Crippen molar-refractivity contribution in [2.24, 2.45) is 0 Å². The van der Waals surface area contributed by atoms with Gasteiger partial charge in [-0.2, -0.15) is 0 Å². The van der Waals surface area contributed by atoms with Crippen LogP contribution in [0.1, 0.15) is 81.5 Å². The van der Waals surface area contributed by atoms with Gasteiger partial charge in [-0.15, -0.1) is 0 Å². The van der Waals surface area contributed by atoms with Gasteiger partial charge < -0.3 is 9.84 Å². The average Bonchev–Trinajstić information content (AvgIpc) is 2.73. The molecule has 0 atom stereocenters. The van der Waals surface area contributed by atoms with Gasteiger partial charge in [0, 0.05) is 12.0 Å². The molecule has 0 heterocycles. The van der Waals surface area contributed by atoms with Crippen molar-refractivity contribution in [2.75, 3.05) is 0 Å². The minimum Gasteiger partial charge on any atom is -0.478 e. The lowest BCUT2D eigenvalue weighted by Gasteiger charge is -2.10. The molecule has 0 bridgehead atoms. The van der Waals surface area contributed by atoms with Gasteiger partial charge in [0.15, 0.2) is 0 Å². The summed E-state index contributed by atoms with van der Waals surface area (Å²) in [4.78, 5) is 23.3. The molecule has 0 aromatic heterocycles. The summed E-state index contributed by atoms with van der Waals surface area (Å²) in [6.07, 6.45) is 11.3. The molecule has 0 spiro atoms. The first-order chi connectivity index (χ1) is 14.1. The number of carboxylic acids is 1. The van der Waals surface area contributed by atoms with Gasteiger partial charge in [-0.25, -0.2) is 4.79 Å². The fourth-order valence-corrected chi connectivity index (χ4v) is 3.34. The van der Waals surface area contributed by atoms with Crippen LogP contribution < -0.4 is 4.74 Å². The highest BCUT2D eigenvalue weighted by Crippen LogP contribution is 2.30. The Morgan fingerprint density at radius 1 is 0.793 bits per heavy atom. The predicted octanol–water partition coefficient (Wildman–Crippen LogP) is 6.88. The van der Waals surface area contributed by atoms with Gasteiger partial charge >= 0.3 is 11.9 Å². The molecule has 0 amide bonds. The van der Waals surface area contributed by atoms with E-state index in [-0.39, 0.29) is 11.5 Å². The Morgan fingerprint density at radius 3 is 2.00 bits per heavy atom. The molecule has 0 aliphatic rings. The number of hydrogen-bond acceptors (Lipinski definition) is 3. The second kappa shape index (κ2) is 12.8. The van der Waals surface area contributed by atoms with E-state index in [9.17, 15) is 9.59 Å². The van der Waals surface area contributed by atoms with Crippen LogP contribution in [-0.2, 0) is 4.79 Å².